The summed E-state index contributed by atoms with van der Waals surface area (Å²) in [5, 5.41) is 0. The molecule has 0 amide bonds. The predicted molar refractivity (Wildman–Crippen MR) is 80.5 cm³/mol. The quantitative estimate of drug-likeness (QED) is 0.491. The van der Waals surface area contributed by atoms with Crippen molar-refractivity contribution >= 4 is 11.8 Å². The Labute approximate surface area is 132 Å². The SMILES string of the molecule is COc1ccc(C(C)=O)c(OC(=O)c2ccc3c(c2)OCO3)c1. The largest absolute Gasteiger partial charge is 0.497 e. The molecule has 0 spiro atoms. The Hall–Kier alpha value is -3.02. The second kappa shape index (κ2) is 6.00. The number of hydrogen-bond donors (Lipinski definition) is 0. The highest BCUT2D eigenvalue weighted by Gasteiger charge is 2.19. The number of carbonyl (C=O) groups is 2. The molecule has 118 valence electrons. The van der Waals surface area contributed by atoms with Crippen LogP contribution in [0.4, 0.5) is 0 Å². The number of ether oxygens (including phenoxy) is 4. The lowest BCUT2D eigenvalue weighted by Crippen LogP contribution is -2.11. The highest BCUT2D eigenvalue weighted by atomic mass is 16.7. The average Bonchev–Trinajstić information content (AvgIpc) is 3.01. The Balaban J connectivity index is 1.89. The van der Waals surface area contributed by atoms with E-state index in [2.05, 4.69) is 0 Å². The van der Waals surface area contributed by atoms with Crippen molar-refractivity contribution in [2.45, 2.75) is 6.92 Å². The van der Waals surface area contributed by atoms with Crippen molar-refractivity contribution < 1.29 is 28.5 Å². The van der Waals surface area contributed by atoms with Gasteiger partial charge in [-0.1, -0.05) is 0 Å². The maximum absolute atomic E-state index is 12.3. The van der Waals surface area contributed by atoms with Gasteiger partial charge in [0.15, 0.2) is 17.3 Å². The molecule has 0 saturated heterocycles. The van der Waals surface area contributed by atoms with Gasteiger partial charge in [0, 0.05) is 6.07 Å². The van der Waals surface area contributed by atoms with Crippen LogP contribution < -0.4 is 18.9 Å². The minimum absolute atomic E-state index is 0.123. The molecule has 6 heteroatoms. The molecule has 0 aromatic heterocycles. The van der Waals surface area contributed by atoms with Crippen molar-refractivity contribution in [1.29, 1.82) is 0 Å². The van der Waals surface area contributed by atoms with Crippen molar-refractivity contribution in [3.05, 3.63) is 47.5 Å². The normalized spacial score (nSPS) is 11.9. The molecule has 0 N–H and O–H groups in total. The number of methoxy groups -OCH3 is 1. The van der Waals surface area contributed by atoms with Gasteiger partial charge in [-0.25, -0.2) is 4.79 Å². The standard InChI is InChI=1S/C17H14O6/c1-10(18)13-5-4-12(20-2)8-15(13)23-17(19)11-3-6-14-16(7-11)22-9-21-14/h3-8H,9H2,1-2H3. The van der Waals surface area contributed by atoms with Gasteiger partial charge in [0.25, 0.3) is 0 Å². The summed E-state index contributed by atoms with van der Waals surface area (Å²) >= 11 is 0. The smallest absolute Gasteiger partial charge is 0.343 e. The number of Topliss-reactive ketones (excluding diaryl/α,β-unsaturated/α-hetero) is 1. The molecule has 23 heavy (non-hydrogen) atoms. The van der Waals surface area contributed by atoms with Crippen LogP contribution in [0.5, 0.6) is 23.0 Å². The highest BCUT2D eigenvalue weighted by molar-refractivity contribution is 5.99. The van der Waals surface area contributed by atoms with Gasteiger partial charge in [0.05, 0.1) is 18.2 Å². The molecule has 3 rings (SSSR count). The van der Waals surface area contributed by atoms with Gasteiger partial charge in [-0.15, -0.1) is 0 Å². The third-order valence-electron chi connectivity index (χ3n) is 3.38. The molecule has 1 heterocycles. The second-order valence-electron chi connectivity index (χ2n) is 4.88. The van der Waals surface area contributed by atoms with E-state index in [1.807, 2.05) is 0 Å². The number of fused-ring (bicyclic) bond motifs is 1. The van der Waals surface area contributed by atoms with Crippen molar-refractivity contribution in [1.82, 2.24) is 0 Å². The summed E-state index contributed by atoms with van der Waals surface area (Å²) in [7, 11) is 1.49. The summed E-state index contributed by atoms with van der Waals surface area (Å²) in [6, 6.07) is 9.44. The van der Waals surface area contributed by atoms with Gasteiger partial charge in [-0.3, -0.25) is 4.79 Å². The highest BCUT2D eigenvalue weighted by Crippen LogP contribution is 2.33. The van der Waals surface area contributed by atoms with Crippen LogP contribution >= 0.6 is 0 Å². The van der Waals surface area contributed by atoms with Gasteiger partial charge in [0.2, 0.25) is 6.79 Å². The predicted octanol–water partition coefficient (Wildman–Crippen LogP) is 2.85. The van der Waals surface area contributed by atoms with Crippen LogP contribution in [0.3, 0.4) is 0 Å². The summed E-state index contributed by atoms with van der Waals surface area (Å²) in [4.78, 5) is 24.0. The van der Waals surface area contributed by atoms with Gasteiger partial charge in [0.1, 0.15) is 11.5 Å². The van der Waals surface area contributed by atoms with E-state index in [1.165, 1.54) is 26.2 Å². The molecular weight excluding hydrogens is 300 g/mol. The van der Waals surface area contributed by atoms with Crippen LogP contribution in [-0.2, 0) is 0 Å². The number of hydrogen-bond acceptors (Lipinski definition) is 6. The Morgan fingerprint density at radius 1 is 1.04 bits per heavy atom. The first-order chi connectivity index (χ1) is 11.1. The van der Waals surface area contributed by atoms with Crippen molar-refractivity contribution in [2.24, 2.45) is 0 Å². The Bertz CT molecular complexity index is 781. The molecule has 0 atom stereocenters. The summed E-state index contributed by atoms with van der Waals surface area (Å²) in [5.74, 6) is 0.896. The molecule has 0 unspecified atom stereocenters. The maximum atomic E-state index is 12.3. The molecule has 6 nitrogen and oxygen atoms in total. The zero-order chi connectivity index (χ0) is 16.4. The van der Waals surface area contributed by atoms with E-state index in [-0.39, 0.29) is 18.3 Å². The van der Waals surface area contributed by atoms with Crippen LogP contribution in [0.25, 0.3) is 0 Å². The van der Waals surface area contributed by atoms with E-state index >= 15 is 0 Å². The monoisotopic (exact) mass is 314 g/mol. The number of esters is 1. The van der Waals surface area contributed by atoms with E-state index in [4.69, 9.17) is 18.9 Å². The summed E-state index contributed by atoms with van der Waals surface area (Å²) in [6.45, 7) is 1.53. The molecule has 1 aliphatic rings. The van der Waals surface area contributed by atoms with Crippen LogP contribution in [0.15, 0.2) is 36.4 Å². The van der Waals surface area contributed by atoms with Gasteiger partial charge >= 0.3 is 5.97 Å². The molecule has 0 fully saturated rings. The van der Waals surface area contributed by atoms with Crippen LogP contribution in [0, 0.1) is 0 Å². The fourth-order valence-electron chi connectivity index (χ4n) is 2.19. The first kappa shape index (κ1) is 14.9. The zero-order valence-electron chi connectivity index (χ0n) is 12.6. The van der Waals surface area contributed by atoms with E-state index < -0.39 is 5.97 Å². The first-order valence-corrected chi connectivity index (χ1v) is 6.89. The third-order valence-corrected chi connectivity index (χ3v) is 3.38. The zero-order valence-corrected chi connectivity index (χ0v) is 12.6. The number of rotatable bonds is 4. The molecule has 0 radical (unpaired) electrons. The lowest BCUT2D eigenvalue weighted by Gasteiger charge is -2.10. The number of ketones is 1. The topological polar surface area (TPSA) is 71.1 Å². The number of carbonyl (C=O) groups excluding carboxylic acids is 2. The molecule has 0 bridgehead atoms. The summed E-state index contributed by atoms with van der Waals surface area (Å²) in [5.41, 5.74) is 0.603. The lowest BCUT2D eigenvalue weighted by atomic mass is 10.1. The van der Waals surface area contributed by atoms with Gasteiger partial charge in [-0.05, 0) is 37.3 Å². The fourth-order valence-corrected chi connectivity index (χ4v) is 2.19. The minimum atomic E-state index is -0.598. The second-order valence-corrected chi connectivity index (χ2v) is 4.88. The Morgan fingerprint density at radius 2 is 1.83 bits per heavy atom. The minimum Gasteiger partial charge on any atom is -0.497 e. The van der Waals surface area contributed by atoms with Crippen molar-refractivity contribution in [2.75, 3.05) is 13.9 Å². The van der Waals surface area contributed by atoms with Crippen molar-refractivity contribution in [3.63, 3.8) is 0 Å². The molecule has 0 aliphatic carbocycles. The molecule has 0 saturated carbocycles. The third kappa shape index (κ3) is 2.96. The Kier molecular flexibility index (Phi) is 3.89. The Morgan fingerprint density at radius 3 is 2.57 bits per heavy atom. The fraction of sp³-hybridized carbons (Fsp3) is 0.176. The van der Waals surface area contributed by atoms with Gasteiger partial charge < -0.3 is 18.9 Å². The van der Waals surface area contributed by atoms with Crippen LogP contribution in [0.1, 0.15) is 27.6 Å². The molecule has 2 aromatic carbocycles. The molecule has 1 aliphatic heterocycles. The maximum Gasteiger partial charge on any atom is 0.343 e. The molecular formula is C17H14O6. The van der Waals surface area contributed by atoms with Crippen molar-refractivity contribution in [3.8, 4) is 23.0 Å². The molecule has 2 aromatic rings. The number of benzene rings is 2. The summed E-state index contributed by atoms with van der Waals surface area (Å²) in [6.07, 6.45) is 0. The first-order valence-electron chi connectivity index (χ1n) is 6.89. The van der Waals surface area contributed by atoms with E-state index in [0.717, 1.165) is 0 Å². The lowest BCUT2D eigenvalue weighted by molar-refractivity contribution is 0.0732. The van der Waals surface area contributed by atoms with Crippen LogP contribution in [-0.4, -0.2) is 25.7 Å². The van der Waals surface area contributed by atoms with E-state index in [0.29, 0.717) is 28.4 Å². The average molecular weight is 314 g/mol. The van der Waals surface area contributed by atoms with Gasteiger partial charge in [-0.2, -0.15) is 0 Å². The summed E-state index contributed by atoms with van der Waals surface area (Å²) < 4.78 is 20.9. The van der Waals surface area contributed by atoms with Crippen LogP contribution in [0.2, 0.25) is 0 Å². The van der Waals surface area contributed by atoms with E-state index in [9.17, 15) is 9.59 Å². The van der Waals surface area contributed by atoms with E-state index in [1.54, 1.807) is 24.3 Å².